The Kier molecular flexibility index (Phi) is 5.05. The normalized spacial score (nSPS) is 15.1. The molecule has 0 fully saturated rings. The second-order valence-electron chi connectivity index (χ2n) is 5.81. The standard InChI is InChI=1S/C18H25NO2/c1-5-21-18(20)11-14(4)16-9-8-15-7-6-10-19(13(2)3)17(15)12-16/h8-9,11-13H,5-7,10H2,1-4H3. The summed E-state index contributed by atoms with van der Waals surface area (Å²) in [5.41, 5.74) is 4.76. The summed E-state index contributed by atoms with van der Waals surface area (Å²) >= 11 is 0. The largest absolute Gasteiger partial charge is 0.463 e. The molecule has 3 nitrogen and oxygen atoms in total. The number of carbonyl (C=O) groups excluding carboxylic acids is 1. The minimum Gasteiger partial charge on any atom is -0.463 e. The fraction of sp³-hybridized carbons (Fsp3) is 0.500. The molecule has 0 spiro atoms. The lowest BCUT2D eigenvalue weighted by molar-refractivity contribution is -0.137. The highest BCUT2D eigenvalue weighted by Gasteiger charge is 2.19. The summed E-state index contributed by atoms with van der Waals surface area (Å²) in [4.78, 5) is 14.0. The molecule has 3 heteroatoms. The lowest BCUT2D eigenvalue weighted by atomic mass is 9.96. The van der Waals surface area contributed by atoms with E-state index in [0.717, 1.165) is 24.1 Å². The molecule has 0 N–H and O–H groups in total. The molecule has 1 heterocycles. The van der Waals surface area contributed by atoms with Crippen LogP contribution in [0.5, 0.6) is 0 Å². The summed E-state index contributed by atoms with van der Waals surface area (Å²) in [5.74, 6) is -0.270. The van der Waals surface area contributed by atoms with Gasteiger partial charge in [-0.1, -0.05) is 12.1 Å². The third-order valence-electron chi connectivity index (χ3n) is 3.94. The summed E-state index contributed by atoms with van der Waals surface area (Å²) in [5, 5.41) is 0. The predicted octanol–water partition coefficient (Wildman–Crippen LogP) is 3.81. The maximum absolute atomic E-state index is 11.6. The highest BCUT2D eigenvalue weighted by molar-refractivity contribution is 5.91. The van der Waals surface area contributed by atoms with E-state index in [2.05, 4.69) is 36.9 Å². The van der Waals surface area contributed by atoms with Crippen LogP contribution in [-0.2, 0) is 16.0 Å². The van der Waals surface area contributed by atoms with Gasteiger partial charge < -0.3 is 9.64 Å². The van der Waals surface area contributed by atoms with Crippen LogP contribution in [0.1, 0.15) is 45.2 Å². The Balaban J connectivity index is 2.31. The molecule has 1 aliphatic rings. The van der Waals surface area contributed by atoms with Gasteiger partial charge in [0.15, 0.2) is 0 Å². The van der Waals surface area contributed by atoms with Crippen LogP contribution in [0.15, 0.2) is 24.3 Å². The molecule has 0 aromatic heterocycles. The average molecular weight is 287 g/mol. The van der Waals surface area contributed by atoms with Crippen LogP contribution < -0.4 is 4.90 Å². The second kappa shape index (κ2) is 6.79. The molecule has 0 amide bonds. The first kappa shape index (κ1) is 15.6. The van der Waals surface area contributed by atoms with Crippen molar-refractivity contribution in [2.24, 2.45) is 0 Å². The van der Waals surface area contributed by atoms with Crippen molar-refractivity contribution in [1.29, 1.82) is 0 Å². The summed E-state index contributed by atoms with van der Waals surface area (Å²) < 4.78 is 4.98. The fourth-order valence-electron chi connectivity index (χ4n) is 2.83. The van der Waals surface area contributed by atoms with Gasteiger partial charge in [0.05, 0.1) is 6.61 Å². The van der Waals surface area contributed by atoms with Crippen molar-refractivity contribution in [3.05, 3.63) is 35.4 Å². The number of aryl methyl sites for hydroxylation is 1. The van der Waals surface area contributed by atoms with E-state index in [-0.39, 0.29) is 5.97 Å². The number of esters is 1. The summed E-state index contributed by atoms with van der Waals surface area (Å²) in [6.45, 7) is 9.75. The van der Waals surface area contributed by atoms with Crippen molar-refractivity contribution in [3.63, 3.8) is 0 Å². The molecule has 21 heavy (non-hydrogen) atoms. The van der Waals surface area contributed by atoms with Crippen molar-refractivity contribution in [2.75, 3.05) is 18.1 Å². The van der Waals surface area contributed by atoms with Gasteiger partial charge in [0, 0.05) is 24.4 Å². The van der Waals surface area contributed by atoms with Crippen molar-refractivity contribution in [3.8, 4) is 0 Å². The van der Waals surface area contributed by atoms with E-state index in [9.17, 15) is 4.79 Å². The van der Waals surface area contributed by atoms with E-state index >= 15 is 0 Å². The van der Waals surface area contributed by atoms with Gasteiger partial charge in [-0.3, -0.25) is 0 Å². The zero-order valence-corrected chi connectivity index (χ0v) is 13.5. The number of ether oxygens (including phenoxy) is 1. The number of hydrogen-bond acceptors (Lipinski definition) is 3. The van der Waals surface area contributed by atoms with Crippen molar-refractivity contribution in [1.82, 2.24) is 0 Å². The molecule has 0 radical (unpaired) electrons. The lowest BCUT2D eigenvalue weighted by Crippen LogP contribution is -2.35. The van der Waals surface area contributed by atoms with Crippen LogP contribution in [0, 0.1) is 0 Å². The maximum atomic E-state index is 11.6. The Hall–Kier alpha value is -1.77. The van der Waals surface area contributed by atoms with Crippen LogP contribution in [0.4, 0.5) is 5.69 Å². The molecule has 0 atom stereocenters. The Morgan fingerprint density at radius 3 is 2.86 bits per heavy atom. The zero-order valence-electron chi connectivity index (χ0n) is 13.5. The molecule has 0 saturated carbocycles. The highest BCUT2D eigenvalue weighted by atomic mass is 16.5. The number of fused-ring (bicyclic) bond motifs is 1. The quantitative estimate of drug-likeness (QED) is 0.623. The summed E-state index contributed by atoms with van der Waals surface area (Å²) in [6.07, 6.45) is 3.93. The molecular weight excluding hydrogens is 262 g/mol. The van der Waals surface area contributed by atoms with Crippen molar-refractivity contribution < 1.29 is 9.53 Å². The van der Waals surface area contributed by atoms with Crippen LogP contribution >= 0.6 is 0 Å². The van der Waals surface area contributed by atoms with Gasteiger partial charge in [0.2, 0.25) is 0 Å². The number of benzene rings is 1. The average Bonchev–Trinajstić information content (AvgIpc) is 2.46. The third kappa shape index (κ3) is 3.66. The fourth-order valence-corrected chi connectivity index (χ4v) is 2.83. The van der Waals surface area contributed by atoms with E-state index in [0.29, 0.717) is 12.6 Å². The smallest absolute Gasteiger partial charge is 0.331 e. The first-order chi connectivity index (χ1) is 10.0. The molecule has 0 unspecified atom stereocenters. The number of rotatable bonds is 4. The van der Waals surface area contributed by atoms with Crippen LogP contribution in [0.25, 0.3) is 5.57 Å². The monoisotopic (exact) mass is 287 g/mol. The van der Waals surface area contributed by atoms with E-state index in [1.807, 2.05) is 13.8 Å². The Labute approximate surface area is 127 Å². The van der Waals surface area contributed by atoms with Gasteiger partial charge in [-0.05, 0) is 63.3 Å². The second-order valence-corrected chi connectivity index (χ2v) is 5.81. The first-order valence-electron chi connectivity index (χ1n) is 7.78. The van der Waals surface area contributed by atoms with Gasteiger partial charge >= 0.3 is 5.97 Å². The number of anilines is 1. The maximum Gasteiger partial charge on any atom is 0.331 e. The van der Waals surface area contributed by atoms with Gasteiger partial charge in [0.1, 0.15) is 0 Å². The van der Waals surface area contributed by atoms with E-state index in [4.69, 9.17) is 4.74 Å². The van der Waals surface area contributed by atoms with E-state index in [1.54, 1.807) is 6.08 Å². The third-order valence-corrected chi connectivity index (χ3v) is 3.94. The number of hydrogen-bond donors (Lipinski definition) is 0. The van der Waals surface area contributed by atoms with Gasteiger partial charge in [-0.25, -0.2) is 4.79 Å². The topological polar surface area (TPSA) is 29.5 Å². The Morgan fingerprint density at radius 2 is 2.19 bits per heavy atom. The minimum atomic E-state index is -0.270. The number of allylic oxidation sites excluding steroid dienone is 1. The highest BCUT2D eigenvalue weighted by Crippen LogP contribution is 2.31. The molecule has 114 valence electrons. The van der Waals surface area contributed by atoms with E-state index < -0.39 is 0 Å². The zero-order chi connectivity index (χ0) is 15.4. The minimum absolute atomic E-state index is 0.270. The summed E-state index contributed by atoms with van der Waals surface area (Å²) in [7, 11) is 0. The summed E-state index contributed by atoms with van der Waals surface area (Å²) in [6, 6.07) is 7.00. The first-order valence-corrected chi connectivity index (χ1v) is 7.78. The van der Waals surface area contributed by atoms with Crippen molar-refractivity contribution in [2.45, 2.75) is 46.6 Å². The molecule has 0 aliphatic carbocycles. The number of nitrogens with zero attached hydrogens (tertiary/aromatic N) is 1. The molecule has 0 bridgehead atoms. The van der Waals surface area contributed by atoms with Crippen molar-refractivity contribution >= 4 is 17.2 Å². The molecule has 1 aromatic rings. The SMILES string of the molecule is CCOC(=O)C=C(C)c1ccc2c(c1)N(C(C)C)CCC2. The van der Waals surface area contributed by atoms with Gasteiger partial charge in [0.25, 0.3) is 0 Å². The molecule has 1 aliphatic heterocycles. The van der Waals surface area contributed by atoms with Crippen LogP contribution in [0.2, 0.25) is 0 Å². The molecule has 1 aromatic carbocycles. The lowest BCUT2D eigenvalue weighted by Gasteiger charge is -2.35. The molecule has 2 rings (SSSR count). The Morgan fingerprint density at radius 1 is 1.43 bits per heavy atom. The molecule has 0 saturated heterocycles. The Bertz CT molecular complexity index is 546. The predicted molar refractivity (Wildman–Crippen MR) is 87.5 cm³/mol. The molecular formula is C18H25NO2. The van der Waals surface area contributed by atoms with Gasteiger partial charge in [-0.2, -0.15) is 0 Å². The van der Waals surface area contributed by atoms with E-state index in [1.165, 1.54) is 17.7 Å². The van der Waals surface area contributed by atoms with Crippen LogP contribution in [0.3, 0.4) is 0 Å². The van der Waals surface area contributed by atoms with Crippen LogP contribution in [-0.4, -0.2) is 25.2 Å². The number of carbonyl (C=O) groups is 1. The van der Waals surface area contributed by atoms with Gasteiger partial charge in [-0.15, -0.1) is 0 Å².